The third kappa shape index (κ3) is 4.43. The molecule has 0 saturated carbocycles. The van der Waals surface area contributed by atoms with Gasteiger partial charge >= 0.3 is 0 Å². The number of hydrogen-bond donors (Lipinski definition) is 1. The lowest BCUT2D eigenvalue weighted by atomic mass is 10.1. The Balaban J connectivity index is 2.13. The minimum atomic E-state index is -1.26. The lowest BCUT2D eigenvalue weighted by Crippen LogP contribution is -2.24. The van der Waals surface area contributed by atoms with Crippen LogP contribution in [0.1, 0.15) is 12.8 Å². The average Bonchev–Trinajstić information content (AvgIpc) is 3.00. The van der Waals surface area contributed by atoms with Crippen molar-refractivity contribution in [1.29, 1.82) is 0 Å². The van der Waals surface area contributed by atoms with Gasteiger partial charge in [-0.15, -0.1) is 11.3 Å². The Bertz CT molecular complexity index is 714. The molecule has 0 spiro atoms. The topological polar surface area (TPSA) is 101 Å². The Hall–Kier alpha value is -2.61. The van der Waals surface area contributed by atoms with Crippen LogP contribution in [0, 0.1) is 0 Å². The molecule has 7 nitrogen and oxygen atoms in total. The van der Waals surface area contributed by atoms with Crippen LogP contribution in [0.3, 0.4) is 0 Å². The highest BCUT2D eigenvalue weighted by atomic mass is 32.1. The SMILES string of the molecule is COc1ccc(-c2csc(NC(=O)CCC(=O)[O-])n2)c(OC)c1. The van der Waals surface area contributed by atoms with E-state index in [4.69, 9.17) is 9.47 Å². The summed E-state index contributed by atoms with van der Waals surface area (Å²) in [4.78, 5) is 26.2. The minimum Gasteiger partial charge on any atom is -0.550 e. The van der Waals surface area contributed by atoms with Crippen LogP contribution in [0.15, 0.2) is 23.6 Å². The molecule has 1 aromatic carbocycles. The summed E-state index contributed by atoms with van der Waals surface area (Å²) < 4.78 is 10.5. The zero-order valence-electron chi connectivity index (χ0n) is 12.6. The van der Waals surface area contributed by atoms with Gasteiger partial charge in [0.2, 0.25) is 5.91 Å². The van der Waals surface area contributed by atoms with Crippen molar-refractivity contribution in [3.05, 3.63) is 23.6 Å². The Morgan fingerprint density at radius 1 is 1.26 bits per heavy atom. The second kappa shape index (κ2) is 7.59. The van der Waals surface area contributed by atoms with Crippen LogP contribution in [-0.2, 0) is 9.59 Å². The van der Waals surface area contributed by atoms with Crippen molar-refractivity contribution in [2.75, 3.05) is 19.5 Å². The number of anilines is 1. The molecule has 2 rings (SSSR count). The number of carboxylic acid groups (broad SMARTS) is 1. The van der Waals surface area contributed by atoms with Crippen LogP contribution >= 0.6 is 11.3 Å². The fourth-order valence-electron chi connectivity index (χ4n) is 1.86. The minimum absolute atomic E-state index is 0.150. The lowest BCUT2D eigenvalue weighted by molar-refractivity contribution is -0.305. The monoisotopic (exact) mass is 335 g/mol. The summed E-state index contributed by atoms with van der Waals surface area (Å²) >= 11 is 1.24. The fourth-order valence-corrected chi connectivity index (χ4v) is 2.59. The summed E-state index contributed by atoms with van der Waals surface area (Å²) in [6, 6.07) is 5.34. The smallest absolute Gasteiger partial charge is 0.226 e. The zero-order valence-corrected chi connectivity index (χ0v) is 13.4. The second-order valence-electron chi connectivity index (χ2n) is 4.52. The van der Waals surface area contributed by atoms with Crippen molar-refractivity contribution < 1.29 is 24.2 Å². The van der Waals surface area contributed by atoms with Gasteiger partial charge in [-0.05, 0) is 18.6 Å². The van der Waals surface area contributed by atoms with Crippen molar-refractivity contribution in [2.24, 2.45) is 0 Å². The molecule has 0 aliphatic rings. The van der Waals surface area contributed by atoms with Crippen LogP contribution in [0.5, 0.6) is 11.5 Å². The fraction of sp³-hybridized carbons (Fsp3) is 0.267. The van der Waals surface area contributed by atoms with Crippen LogP contribution in [-0.4, -0.2) is 31.1 Å². The van der Waals surface area contributed by atoms with Crippen LogP contribution in [0.25, 0.3) is 11.3 Å². The van der Waals surface area contributed by atoms with E-state index in [0.717, 1.165) is 5.56 Å². The molecule has 1 amide bonds. The largest absolute Gasteiger partial charge is 0.550 e. The zero-order chi connectivity index (χ0) is 16.8. The van der Waals surface area contributed by atoms with Gasteiger partial charge in [-0.25, -0.2) is 4.98 Å². The molecule has 0 bridgehead atoms. The van der Waals surface area contributed by atoms with Gasteiger partial charge in [-0.1, -0.05) is 0 Å². The number of carbonyl (C=O) groups is 2. The van der Waals surface area contributed by atoms with Crippen molar-refractivity contribution in [1.82, 2.24) is 4.98 Å². The van der Waals surface area contributed by atoms with E-state index in [-0.39, 0.29) is 12.8 Å². The first-order valence-electron chi connectivity index (χ1n) is 6.71. The third-order valence-electron chi connectivity index (χ3n) is 2.99. The predicted molar refractivity (Wildman–Crippen MR) is 83.5 cm³/mol. The van der Waals surface area contributed by atoms with Gasteiger partial charge in [0.1, 0.15) is 11.5 Å². The molecule has 1 heterocycles. The highest BCUT2D eigenvalue weighted by Crippen LogP contribution is 2.34. The molecule has 1 aromatic heterocycles. The van der Waals surface area contributed by atoms with Gasteiger partial charge in [-0.3, -0.25) is 4.79 Å². The Morgan fingerprint density at radius 2 is 2.04 bits per heavy atom. The van der Waals surface area contributed by atoms with Crippen molar-refractivity contribution in [3.8, 4) is 22.8 Å². The molecular formula is C15H15N2O5S-. The number of ether oxygens (including phenoxy) is 2. The maximum absolute atomic E-state index is 11.6. The third-order valence-corrected chi connectivity index (χ3v) is 3.75. The number of aromatic nitrogens is 1. The molecule has 2 aromatic rings. The number of amides is 1. The summed E-state index contributed by atoms with van der Waals surface area (Å²) in [5.41, 5.74) is 1.41. The Kier molecular flexibility index (Phi) is 5.53. The Labute approximate surface area is 136 Å². The van der Waals surface area contributed by atoms with Crippen LogP contribution in [0.2, 0.25) is 0 Å². The molecule has 122 valence electrons. The van der Waals surface area contributed by atoms with E-state index in [9.17, 15) is 14.7 Å². The number of carbonyl (C=O) groups excluding carboxylic acids is 2. The van der Waals surface area contributed by atoms with Gasteiger partial charge in [-0.2, -0.15) is 0 Å². The first-order chi connectivity index (χ1) is 11.0. The molecule has 0 fully saturated rings. The predicted octanol–water partition coefficient (Wildman–Crippen LogP) is 1.30. The number of nitrogens with zero attached hydrogens (tertiary/aromatic N) is 1. The number of benzene rings is 1. The van der Waals surface area contributed by atoms with Crippen molar-refractivity contribution in [3.63, 3.8) is 0 Å². The summed E-state index contributed by atoms with van der Waals surface area (Å²) in [5.74, 6) is -0.416. The molecule has 0 aliphatic carbocycles. The summed E-state index contributed by atoms with van der Waals surface area (Å²) in [6.45, 7) is 0. The van der Waals surface area contributed by atoms with Gasteiger partial charge in [0, 0.05) is 29.4 Å². The highest BCUT2D eigenvalue weighted by Gasteiger charge is 2.12. The highest BCUT2D eigenvalue weighted by molar-refractivity contribution is 7.14. The van der Waals surface area contributed by atoms with Gasteiger partial charge in [0.25, 0.3) is 0 Å². The first kappa shape index (κ1) is 16.8. The van der Waals surface area contributed by atoms with E-state index in [0.29, 0.717) is 22.3 Å². The summed E-state index contributed by atoms with van der Waals surface area (Å²) in [6.07, 6.45) is -0.473. The van der Waals surface area contributed by atoms with E-state index in [1.54, 1.807) is 31.7 Å². The van der Waals surface area contributed by atoms with Crippen molar-refractivity contribution >= 4 is 28.3 Å². The molecule has 23 heavy (non-hydrogen) atoms. The molecule has 8 heteroatoms. The Morgan fingerprint density at radius 3 is 2.70 bits per heavy atom. The molecule has 0 aliphatic heterocycles. The van der Waals surface area contributed by atoms with E-state index in [1.807, 2.05) is 6.07 Å². The standard InChI is InChI=1S/C15H16N2O5S/c1-21-9-3-4-10(12(7-9)22-2)11-8-23-15(16-11)17-13(18)5-6-14(19)20/h3-4,7-8H,5-6H2,1-2H3,(H,19,20)(H,16,17,18)/p-1. The molecule has 0 radical (unpaired) electrons. The number of hydrogen-bond acceptors (Lipinski definition) is 7. The first-order valence-corrected chi connectivity index (χ1v) is 7.59. The maximum atomic E-state index is 11.6. The summed E-state index contributed by atoms with van der Waals surface area (Å²) in [5, 5.41) is 15.1. The normalized spacial score (nSPS) is 10.2. The van der Waals surface area contributed by atoms with Crippen molar-refractivity contribution in [2.45, 2.75) is 12.8 Å². The number of aliphatic carboxylic acids is 1. The van der Waals surface area contributed by atoms with E-state index in [2.05, 4.69) is 10.3 Å². The summed E-state index contributed by atoms with van der Waals surface area (Å²) in [7, 11) is 3.12. The van der Waals surface area contributed by atoms with E-state index < -0.39 is 11.9 Å². The molecule has 0 unspecified atom stereocenters. The van der Waals surface area contributed by atoms with Gasteiger partial charge in [0.05, 0.1) is 19.9 Å². The number of rotatable bonds is 7. The van der Waals surface area contributed by atoms with Crippen LogP contribution < -0.4 is 19.9 Å². The number of nitrogens with one attached hydrogen (secondary N) is 1. The number of thiazole rings is 1. The number of methoxy groups -OCH3 is 2. The molecule has 0 atom stereocenters. The molecular weight excluding hydrogens is 320 g/mol. The number of carboxylic acids is 1. The maximum Gasteiger partial charge on any atom is 0.226 e. The quantitative estimate of drug-likeness (QED) is 0.818. The average molecular weight is 335 g/mol. The molecule has 0 saturated heterocycles. The molecule has 1 N–H and O–H groups in total. The van der Waals surface area contributed by atoms with Gasteiger partial charge < -0.3 is 24.7 Å². The van der Waals surface area contributed by atoms with Crippen LogP contribution in [0.4, 0.5) is 5.13 Å². The van der Waals surface area contributed by atoms with E-state index >= 15 is 0 Å². The van der Waals surface area contributed by atoms with Gasteiger partial charge in [0.15, 0.2) is 5.13 Å². The second-order valence-corrected chi connectivity index (χ2v) is 5.38. The van der Waals surface area contributed by atoms with E-state index in [1.165, 1.54) is 11.3 Å². The lowest BCUT2D eigenvalue weighted by Gasteiger charge is -2.08.